The highest BCUT2D eigenvalue weighted by Crippen LogP contribution is 2.16. The van der Waals surface area contributed by atoms with Crippen LogP contribution in [0.3, 0.4) is 0 Å². The molecule has 2 aromatic rings. The molecule has 1 saturated heterocycles. The van der Waals surface area contributed by atoms with Crippen LogP contribution in [0.4, 0.5) is 0 Å². The molecular formula is C16H16N2O6. The first-order valence-corrected chi connectivity index (χ1v) is 7.42. The second-order valence-corrected chi connectivity index (χ2v) is 5.24. The molecule has 0 bridgehead atoms. The van der Waals surface area contributed by atoms with E-state index in [-0.39, 0.29) is 24.3 Å². The highest BCUT2D eigenvalue weighted by molar-refractivity contribution is 5.94. The highest BCUT2D eigenvalue weighted by atomic mass is 16.5. The molecule has 3 rings (SSSR count). The summed E-state index contributed by atoms with van der Waals surface area (Å²) in [5, 5.41) is 11.4. The van der Waals surface area contributed by atoms with Crippen LogP contribution in [0.25, 0.3) is 0 Å². The van der Waals surface area contributed by atoms with E-state index in [2.05, 4.69) is 10.3 Å². The lowest BCUT2D eigenvalue weighted by Gasteiger charge is -2.11. The third-order valence-corrected chi connectivity index (χ3v) is 3.47. The highest BCUT2D eigenvalue weighted by Gasteiger charge is 2.18. The Morgan fingerprint density at radius 2 is 2.25 bits per heavy atom. The molecule has 8 nitrogen and oxygen atoms in total. The van der Waals surface area contributed by atoms with Crippen molar-refractivity contribution in [2.75, 3.05) is 13.2 Å². The first kappa shape index (κ1) is 16.0. The Kier molecular flexibility index (Phi) is 4.76. The zero-order valence-electron chi connectivity index (χ0n) is 12.7. The number of pyridine rings is 1. The van der Waals surface area contributed by atoms with Crippen molar-refractivity contribution in [2.45, 2.75) is 19.1 Å². The van der Waals surface area contributed by atoms with Crippen LogP contribution < -0.4 is 10.1 Å². The molecule has 1 fully saturated rings. The Bertz CT molecular complexity index is 736. The zero-order valence-corrected chi connectivity index (χ0v) is 12.7. The lowest BCUT2D eigenvalue weighted by atomic mass is 10.2. The van der Waals surface area contributed by atoms with Crippen LogP contribution >= 0.6 is 0 Å². The molecule has 0 aromatic carbocycles. The second kappa shape index (κ2) is 7.14. The molecule has 3 heterocycles. The largest absolute Gasteiger partial charge is 0.475 e. The lowest BCUT2D eigenvalue weighted by molar-refractivity contribution is 0.0660. The standard InChI is InChI=1S/C16H16N2O6/c19-15(18-8-11-1-2-13(23-11)16(20)21)10-3-5-17-14(7-10)24-12-4-6-22-9-12/h1-3,5,7,12H,4,6,8-9H2,(H,18,19)(H,20,21). The molecule has 2 N–H and O–H groups in total. The van der Waals surface area contributed by atoms with Gasteiger partial charge in [-0.05, 0) is 18.2 Å². The number of nitrogens with zero attached hydrogens (tertiary/aromatic N) is 1. The van der Waals surface area contributed by atoms with Crippen LogP contribution in [0.15, 0.2) is 34.9 Å². The summed E-state index contributed by atoms with van der Waals surface area (Å²) < 4.78 is 16.0. The van der Waals surface area contributed by atoms with E-state index in [1.54, 1.807) is 12.1 Å². The molecule has 0 saturated carbocycles. The predicted molar refractivity (Wildman–Crippen MR) is 80.9 cm³/mol. The molecule has 1 aliphatic rings. The van der Waals surface area contributed by atoms with Gasteiger partial charge in [-0.25, -0.2) is 9.78 Å². The number of carbonyl (C=O) groups is 2. The van der Waals surface area contributed by atoms with Gasteiger partial charge in [-0.15, -0.1) is 0 Å². The smallest absolute Gasteiger partial charge is 0.371 e. The average Bonchev–Trinajstić information content (AvgIpc) is 3.24. The number of carbonyl (C=O) groups excluding carboxylic acids is 1. The Balaban J connectivity index is 1.58. The Labute approximate surface area is 137 Å². The Morgan fingerprint density at radius 1 is 1.38 bits per heavy atom. The number of carboxylic acids is 1. The molecule has 1 atom stereocenters. The lowest BCUT2D eigenvalue weighted by Crippen LogP contribution is -2.23. The summed E-state index contributed by atoms with van der Waals surface area (Å²) in [6.07, 6.45) is 2.24. The van der Waals surface area contributed by atoms with Gasteiger partial charge in [0.2, 0.25) is 11.6 Å². The minimum absolute atomic E-state index is 0.0478. The number of amides is 1. The van der Waals surface area contributed by atoms with Crippen LogP contribution in [0.5, 0.6) is 5.88 Å². The molecule has 1 unspecified atom stereocenters. The summed E-state index contributed by atoms with van der Waals surface area (Å²) in [4.78, 5) is 27.0. The van der Waals surface area contributed by atoms with Gasteiger partial charge in [-0.3, -0.25) is 4.79 Å². The molecule has 24 heavy (non-hydrogen) atoms. The third kappa shape index (κ3) is 3.90. The van der Waals surface area contributed by atoms with E-state index in [0.29, 0.717) is 30.4 Å². The Hall–Kier alpha value is -2.87. The van der Waals surface area contributed by atoms with Crippen molar-refractivity contribution in [3.05, 3.63) is 47.5 Å². The van der Waals surface area contributed by atoms with Gasteiger partial charge in [0.15, 0.2) is 0 Å². The van der Waals surface area contributed by atoms with Crippen molar-refractivity contribution in [3.63, 3.8) is 0 Å². The predicted octanol–water partition coefficient (Wildman–Crippen LogP) is 1.47. The maximum Gasteiger partial charge on any atom is 0.371 e. The van der Waals surface area contributed by atoms with Gasteiger partial charge in [0.25, 0.3) is 5.91 Å². The van der Waals surface area contributed by atoms with E-state index < -0.39 is 5.97 Å². The number of nitrogens with one attached hydrogen (secondary N) is 1. The second-order valence-electron chi connectivity index (χ2n) is 5.24. The first-order valence-electron chi connectivity index (χ1n) is 7.42. The van der Waals surface area contributed by atoms with Crippen LogP contribution in [-0.4, -0.2) is 41.3 Å². The average molecular weight is 332 g/mol. The number of hydrogen-bond donors (Lipinski definition) is 2. The molecule has 2 aromatic heterocycles. The van der Waals surface area contributed by atoms with Crippen LogP contribution in [-0.2, 0) is 11.3 Å². The maximum atomic E-state index is 12.2. The number of ether oxygens (including phenoxy) is 2. The van der Waals surface area contributed by atoms with Crippen LogP contribution in [0, 0.1) is 0 Å². The Morgan fingerprint density at radius 3 is 2.96 bits per heavy atom. The van der Waals surface area contributed by atoms with Crippen molar-refractivity contribution < 1.29 is 28.6 Å². The van der Waals surface area contributed by atoms with Crippen molar-refractivity contribution in [1.82, 2.24) is 10.3 Å². The number of furan rings is 1. The van der Waals surface area contributed by atoms with Crippen LogP contribution in [0.2, 0.25) is 0 Å². The van der Waals surface area contributed by atoms with Crippen molar-refractivity contribution in [3.8, 4) is 5.88 Å². The molecule has 1 amide bonds. The van der Waals surface area contributed by atoms with Gasteiger partial charge >= 0.3 is 5.97 Å². The molecular weight excluding hydrogens is 316 g/mol. The van der Waals surface area contributed by atoms with E-state index in [9.17, 15) is 9.59 Å². The number of aromatic carboxylic acids is 1. The fourth-order valence-corrected chi connectivity index (χ4v) is 2.25. The molecule has 0 radical (unpaired) electrons. The minimum atomic E-state index is -1.15. The number of carboxylic acid groups (broad SMARTS) is 1. The SMILES string of the molecule is O=C(NCc1ccc(C(=O)O)o1)c1ccnc(OC2CCOC2)c1. The fourth-order valence-electron chi connectivity index (χ4n) is 2.25. The molecule has 126 valence electrons. The van der Waals surface area contributed by atoms with E-state index >= 15 is 0 Å². The number of aromatic nitrogens is 1. The van der Waals surface area contributed by atoms with Crippen LogP contribution in [0.1, 0.15) is 33.1 Å². The van der Waals surface area contributed by atoms with Gasteiger partial charge in [0.1, 0.15) is 11.9 Å². The molecule has 8 heteroatoms. The van der Waals surface area contributed by atoms with Gasteiger partial charge < -0.3 is 24.3 Å². The summed E-state index contributed by atoms with van der Waals surface area (Å²) in [5.41, 5.74) is 0.393. The summed E-state index contributed by atoms with van der Waals surface area (Å²) in [7, 11) is 0. The monoisotopic (exact) mass is 332 g/mol. The van der Waals surface area contributed by atoms with E-state index in [1.807, 2.05) is 0 Å². The van der Waals surface area contributed by atoms with E-state index in [1.165, 1.54) is 18.3 Å². The summed E-state index contributed by atoms with van der Waals surface area (Å²) >= 11 is 0. The third-order valence-electron chi connectivity index (χ3n) is 3.47. The van der Waals surface area contributed by atoms with Gasteiger partial charge in [0, 0.05) is 24.2 Å². The van der Waals surface area contributed by atoms with Crippen molar-refractivity contribution in [2.24, 2.45) is 0 Å². The quantitative estimate of drug-likeness (QED) is 0.824. The minimum Gasteiger partial charge on any atom is -0.475 e. The molecule has 1 aliphatic heterocycles. The summed E-state index contributed by atoms with van der Waals surface area (Å²) in [6.45, 7) is 1.26. The van der Waals surface area contributed by atoms with E-state index in [0.717, 1.165) is 6.42 Å². The zero-order chi connectivity index (χ0) is 16.9. The summed E-state index contributed by atoms with van der Waals surface area (Å²) in [6, 6.07) is 5.97. The first-order chi connectivity index (χ1) is 11.6. The van der Waals surface area contributed by atoms with Crippen molar-refractivity contribution >= 4 is 11.9 Å². The summed E-state index contributed by atoms with van der Waals surface area (Å²) in [5.74, 6) is -0.936. The van der Waals surface area contributed by atoms with Gasteiger partial charge in [0.05, 0.1) is 19.8 Å². The molecule has 0 spiro atoms. The fraction of sp³-hybridized carbons (Fsp3) is 0.312. The maximum absolute atomic E-state index is 12.2. The van der Waals surface area contributed by atoms with Crippen molar-refractivity contribution in [1.29, 1.82) is 0 Å². The van der Waals surface area contributed by atoms with Gasteiger partial charge in [-0.1, -0.05) is 0 Å². The van der Waals surface area contributed by atoms with Gasteiger partial charge in [-0.2, -0.15) is 0 Å². The topological polar surface area (TPSA) is 111 Å². The van der Waals surface area contributed by atoms with E-state index in [4.69, 9.17) is 19.0 Å². The number of rotatable bonds is 6. The molecule has 0 aliphatic carbocycles. The number of hydrogen-bond acceptors (Lipinski definition) is 6. The normalized spacial score (nSPS) is 16.8.